The maximum Gasteiger partial charge on any atom is 0.188 e. The van der Waals surface area contributed by atoms with Crippen LogP contribution in [0.4, 0.5) is 17.3 Å². The summed E-state index contributed by atoms with van der Waals surface area (Å²) in [5.74, 6) is 1.58. The Labute approximate surface area is 211 Å². The molecule has 2 fully saturated rings. The molecule has 1 saturated carbocycles. The Kier molecular flexibility index (Phi) is 7.18. The van der Waals surface area contributed by atoms with Crippen LogP contribution in [0.15, 0.2) is 36.4 Å². The maximum atomic E-state index is 9.77. The first-order valence-corrected chi connectivity index (χ1v) is 11.9. The lowest BCUT2D eigenvalue weighted by atomic mass is 9.61. The summed E-state index contributed by atoms with van der Waals surface area (Å²) in [6.45, 7) is 12.0. The van der Waals surface area contributed by atoms with Gasteiger partial charge in [-0.25, -0.2) is 4.85 Å². The molecule has 1 aliphatic heterocycles. The van der Waals surface area contributed by atoms with Crippen LogP contribution >= 0.6 is 24.0 Å². The minimum Gasteiger partial charge on any atom is -0.393 e. The van der Waals surface area contributed by atoms with Crippen molar-refractivity contribution in [3.63, 3.8) is 0 Å². The van der Waals surface area contributed by atoms with Gasteiger partial charge in [-0.1, -0.05) is 35.9 Å². The van der Waals surface area contributed by atoms with Gasteiger partial charge in [0.15, 0.2) is 17.3 Å². The van der Waals surface area contributed by atoms with Crippen molar-refractivity contribution in [3.05, 3.63) is 64.0 Å². The fourth-order valence-corrected chi connectivity index (χ4v) is 5.42. The zero-order valence-electron chi connectivity index (χ0n) is 19.2. The molecule has 1 spiro atoms. The average Bonchev–Trinajstić information content (AvgIpc) is 2.81. The van der Waals surface area contributed by atoms with E-state index in [1.165, 1.54) is 0 Å². The normalized spacial score (nSPS) is 17.2. The van der Waals surface area contributed by atoms with Crippen molar-refractivity contribution in [1.29, 1.82) is 0 Å². The Morgan fingerprint density at radius 2 is 1.91 bits per heavy atom. The molecule has 1 saturated heterocycles. The van der Waals surface area contributed by atoms with Gasteiger partial charge in [-0.2, -0.15) is 0 Å². The number of aromatic nitrogens is 2. The van der Waals surface area contributed by atoms with Gasteiger partial charge in [-0.3, -0.25) is 0 Å². The molecule has 34 heavy (non-hydrogen) atoms. The number of fused-ring (bicyclic) bond motifs is 1. The summed E-state index contributed by atoms with van der Waals surface area (Å²) in [5, 5.41) is 25.1. The van der Waals surface area contributed by atoms with E-state index in [1.54, 1.807) is 0 Å². The third kappa shape index (κ3) is 4.79. The molecule has 1 aromatic heterocycles. The van der Waals surface area contributed by atoms with E-state index in [9.17, 15) is 5.11 Å². The summed E-state index contributed by atoms with van der Waals surface area (Å²) in [5.41, 5.74) is 3.15. The van der Waals surface area contributed by atoms with E-state index in [0.29, 0.717) is 23.5 Å². The summed E-state index contributed by atoms with van der Waals surface area (Å²) < 4.78 is 0. The van der Waals surface area contributed by atoms with Gasteiger partial charge in [0.05, 0.1) is 12.7 Å². The van der Waals surface area contributed by atoms with Crippen LogP contribution in [-0.2, 0) is 6.42 Å². The van der Waals surface area contributed by atoms with Gasteiger partial charge in [-0.15, -0.1) is 22.6 Å². The number of aliphatic hydroxyl groups excluding tert-OH is 1. The first kappa shape index (κ1) is 24.5. The van der Waals surface area contributed by atoms with Crippen molar-refractivity contribution in [3.8, 4) is 0 Å². The number of benzene rings is 2. The molecule has 2 heterocycles. The van der Waals surface area contributed by atoms with E-state index < -0.39 is 0 Å². The molecule has 5 rings (SSSR count). The van der Waals surface area contributed by atoms with Crippen molar-refractivity contribution in [1.82, 2.24) is 10.2 Å². The Balaban J connectivity index is 0.00000274. The number of halogens is 2. The van der Waals surface area contributed by atoms with Crippen LogP contribution in [0, 0.1) is 18.9 Å². The number of hydrogen-bond donors (Lipinski definition) is 2. The number of aliphatic hydroxyl groups is 1. The molecule has 1 aliphatic carbocycles. The smallest absolute Gasteiger partial charge is 0.188 e. The highest BCUT2D eigenvalue weighted by molar-refractivity contribution is 6.31. The Morgan fingerprint density at radius 1 is 1.15 bits per heavy atom. The van der Waals surface area contributed by atoms with Crippen LogP contribution in [0.2, 0.25) is 5.02 Å². The largest absolute Gasteiger partial charge is 0.393 e. The number of hydrogen-bond acceptors (Lipinski definition) is 5. The van der Waals surface area contributed by atoms with E-state index in [0.717, 1.165) is 77.9 Å². The predicted molar refractivity (Wildman–Crippen MR) is 141 cm³/mol. The number of nitrogens with one attached hydrogen (secondary N) is 1. The lowest BCUT2D eigenvalue weighted by molar-refractivity contribution is -0.0464. The van der Waals surface area contributed by atoms with E-state index in [-0.39, 0.29) is 18.5 Å². The van der Waals surface area contributed by atoms with Gasteiger partial charge in [0, 0.05) is 35.4 Å². The monoisotopic (exact) mass is 497 g/mol. The molecule has 6 nitrogen and oxygen atoms in total. The number of anilines is 2. The molecule has 2 N–H and O–H groups in total. The Morgan fingerprint density at radius 3 is 2.59 bits per heavy atom. The second-order valence-electron chi connectivity index (χ2n) is 9.52. The lowest BCUT2D eigenvalue weighted by Gasteiger charge is -2.50. The standard InChI is InChI=1S/C26H28ClN5O.ClH/c1-17-3-4-18(13-23(17)27)7-10-29-24-22-14-19(28-2)5-6-21(22)25(31-30-24)32-11-8-26(9-12-32)15-20(33)16-26;/h3-6,13-14,20,33H,7-12,15-16H2,1H3,(H,29,30);1H. The fourth-order valence-electron chi connectivity index (χ4n) is 5.22. The highest BCUT2D eigenvalue weighted by Gasteiger charge is 2.45. The van der Waals surface area contributed by atoms with Gasteiger partial charge in [0.1, 0.15) is 0 Å². The molecule has 8 heteroatoms. The zero-order valence-corrected chi connectivity index (χ0v) is 20.8. The lowest BCUT2D eigenvalue weighted by Crippen LogP contribution is -2.49. The first-order valence-electron chi connectivity index (χ1n) is 11.6. The first-order chi connectivity index (χ1) is 16.0. The second-order valence-corrected chi connectivity index (χ2v) is 9.93. The van der Waals surface area contributed by atoms with Crippen LogP contribution < -0.4 is 10.2 Å². The van der Waals surface area contributed by atoms with Gasteiger partial charge in [0.2, 0.25) is 0 Å². The maximum absolute atomic E-state index is 9.77. The summed E-state index contributed by atoms with van der Waals surface area (Å²) in [6.07, 6.45) is 4.70. The van der Waals surface area contributed by atoms with E-state index in [1.807, 2.05) is 37.3 Å². The summed E-state index contributed by atoms with van der Waals surface area (Å²) >= 11 is 6.26. The van der Waals surface area contributed by atoms with Crippen molar-refractivity contribution in [2.75, 3.05) is 29.9 Å². The molecule has 0 bridgehead atoms. The number of piperidine rings is 1. The van der Waals surface area contributed by atoms with Crippen molar-refractivity contribution < 1.29 is 5.11 Å². The molecule has 0 radical (unpaired) electrons. The highest BCUT2D eigenvalue weighted by atomic mass is 35.5. The quantitative estimate of drug-likeness (QED) is 0.425. The van der Waals surface area contributed by atoms with Crippen molar-refractivity contribution in [2.45, 2.75) is 45.1 Å². The third-order valence-corrected chi connectivity index (χ3v) is 7.68. The van der Waals surface area contributed by atoms with E-state index in [4.69, 9.17) is 18.2 Å². The molecule has 0 amide bonds. The van der Waals surface area contributed by atoms with Gasteiger partial charge >= 0.3 is 0 Å². The summed E-state index contributed by atoms with van der Waals surface area (Å²) in [7, 11) is 0. The van der Waals surface area contributed by atoms with Crippen molar-refractivity contribution in [2.24, 2.45) is 5.41 Å². The zero-order chi connectivity index (χ0) is 23.0. The molecule has 2 aromatic carbocycles. The molecule has 178 valence electrons. The predicted octanol–water partition coefficient (Wildman–Crippen LogP) is 5.96. The average molecular weight is 498 g/mol. The van der Waals surface area contributed by atoms with E-state index >= 15 is 0 Å². The van der Waals surface area contributed by atoms with Crippen LogP contribution in [0.25, 0.3) is 15.6 Å². The van der Waals surface area contributed by atoms with E-state index in [2.05, 4.69) is 31.3 Å². The Bertz CT molecular complexity index is 1230. The molecule has 2 aliphatic rings. The second kappa shape index (κ2) is 9.95. The van der Waals surface area contributed by atoms with Crippen LogP contribution in [0.3, 0.4) is 0 Å². The topological polar surface area (TPSA) is 65.6 Å². The highest BCUT2D eigenvalue weighted by Crippen LogP contribution is 2.49. The van der Waals surface area contributed by atoms with Crippen LogP contribution in [0.5, 0.6) is 0 Å². The molecular weight excluding hydrogens is 469 g/mol. The van der Waals surface area contributed by atoms with Gasteiger partial charge < -0.3 is 15.3 Å². The Hall–Kier alpha value is -2.59. The summed E-state index contributed by atoms with van der Waals surface area (Å²) in [4.78, 5) is 5.92. The number of nitrogens with zero attached hydrogens (tertiary/aromatic N) is 4. The number of aryl methyl sites for hydroxylation is 1. The number of rotatable bonds is 5. The van der Waals surface area contributed by atoms with Crippen LogP contribution in [0.1, 0.15) is 36.8 Å². The SMILES string of the molecule is Cl.[C-]#[N+]c1ccc2c(N3CCC4(CC3)CC(O)C4)nnc(NCCc3ccc(C)c(Cl)c3)c2c1. The van der Waals surface area contributed by atoms with Crippen LogP contribution in [-0.4, -0.2) is 41.0 Å². The minimum absolute atomic E-state index is 0. The fraction of sp³-hybridized carbons (Fsp3) is 0.423. The van der Waals surface area contributed by atoms with Crippen molar-refractivity contribution >= 4 is 52.1 Å². The minimum atomic E-state index is -0.120. The molecular formula is C26H29Cl2N5O. The molecule has 3 aromatic rings. The third-order valence-electron chi connectivity index (χ3n) is 7.28. The molecule has 0 unspecified atom stereocenters. The van der Waals surface area contributed by atoms with Gasteiger partial charge in [-0.05, 0) is 67.7 Å². The van der Waals surface area contributed by atoms with Gasteiger partial charge in [0.25, 0.3) is 0 Å². The molecule has 0 atom stereocenters. The summed E-state index contributed by atoms with van der Waals surface area (Å²) in [6, 6.07) is 11.9.